The first kappa shape index (κ1) is 45.5. The molecule has 1 atom stereocenters. The number of aromatic nitrogens is 2. The summed E-state index contributed by atoms with van der Waals surface area (Å²) in [5.41, 5.74) is 7.01. The van der Waals surface area contributed by atoms with Crippen LogP contribution in [0.1, 0.15) is 87.1 Å². The van der Waals surface area contributed by atoms with Crippen LogP contribution in [0.5, 0.6) is 11.5 Å². The molecule has 3 fully saturated rings. The Hall–Kier alpha value is -5.63. The van der Waals surface area contributed by atoms with E-state index in [9.17, 15) is 14.4 Å². The second-order valence-corrected chi connectivity index (χ2v) is 19.2. The Morgan fingerprint density at radius 3 is 2.35 bits per heavy atom. The molecule has 3 aromatic carbocycles. The van der Waals surface area contributed by atoms with Crippen molar-refractivity contribution in [3.05, 3.63) is 112 Å². The van der Waals surface area contributed by atoms with E-state index >= 15 is 0 Å². The first-order valence-corrected chi connectivity index (χ1v) is 24.2. The first-order chi connectivity index (χ1) is 32.0. The minimum absolute atomic E-state index is 0.0304. The molecule has 9 rings (SSSR count). The van der Waals surface area contributed by atoms with Gasteiger partial charge in [0.05, 0.1) is 31.9 Å². The average molecular weight is 916 g/mol. The van der Waals surface area contributed by atoms with Gasteiger partial charge in [0.25, 0.3) is 0 Å². The van der Waals surface area contributed by atoms with Crippen LogP contribution in [0.4, 0.5) is 22.0 Å². The SMILES string of the molecule is COc1cc2c(cc1OC(C)C)[C@H](c1ccc(Cl)cc1)N(c1ccc(N(C)CC3CCC(N4CCN(CCCCc5ccn6c(N7CCC(=O)NC7=O)cnc6c5)CC4)CC3)cc1)C(=O)C2. The lowest BCUT2D eigenvalue weighted by molar-refractivity contribution is -0.120. The third-order valence-electron chi connectivity index (χ3n) is 14.1. The lowest BCUT2D eigenvalue weighted by atomic mass is 9.84. The van der Waals surface area contributed by atoms with E-state index < -0.39 is 6.03 Å². The number of hydrogen-bond donors (Lipinski definition) is 1. The lowest BCUT2D eigenvalue weighted by Gasteiger charge is -2.42. The minimum atomic E-state index is -0.397. The van der Waals surface area contributed by atoms with E-state index in [-0.39, 0.29) is 36.8 Å². The van der Waals surface area contributed by atoms with Crippen molar-refractivity contribution in [2.24, 2.45) is 5.92 Å². The van der Waals surface area contributed by atoms with E-state index in [4.69, 9.17) is 21.1 Å². The molecule has 66 heavy (non-hydrogen) atoms. The quantitative estimate of drug-likeness (QED) is 0.103. The van der Waals surface area contributed by atoms with Gasteiger partial charge in [-0.1, -0.05) is 23.7 Å². The number of benzene rings is 3. The Bertz CT molecular complexity index is 2510. The molecule has 3 aliphatic heterocycles. The summed E-state index contributed by atoms with van der Waals surface area (Å²) in [6.07, 6.45) is 12.5. The average Bonchev–Trinajstić information content (AvgIpc) is 3.73. The van der Waals surface area contributed by atoms with E-state index in [1.807, 2.05) is 65.7 Å². The number of anilines is 3. The van der Waals surface area contributed by atoms with Crippen LogP contribution in [-0.2, 0) is 22.4 Å². The normalized spacial score (nSPS) is 20.8. The van der Waals surface area contributed by atoms with Crippen molar-refractivity contribution in [3.8, 4) is 11.5 Å². The third kappa shape index (κ3) is 10.0. The number of imide groups is 1. The maximum Gasteiger partial charge on any atom is 0.329 e. The molecule has 5 heterocycles. The summed E-state index contributed by atoms with van der Waals surface area (Å²) in [5, 5.41) is 3.04. The predicted octanol–water partition coefficient (Wildman–Crippen LogP) is 8.54. The molecule has 5 aromatic rings. The first-order valence-electron chi connectivity index (χ1n) is 23.8. The zero-order valence-corrected chi connectivity index (χ0v) is 39.5. The lowest BCUT2D eigenvalue weighted by Crippen LogP contribution is -2.51. The minimum Gasteiger partial charge on any atom is -0.493 e. The number of rotatable bonds is 15. The molecule has 0 spiro atoms. The molecular weight excluding hydrogens is 852 g/mol. The number of hydrogen-bond acceptors (Lipinski definition) is 9. The largest absolute Gasteiger partial charge is 0.493 e. The molecule has 1 aliphatic carbocycles. The second-order valence-electron chi connectivity index (χ2n) is 18.8. The van der Waals surface area contributed by atoms with Gasteiger partial charge >= 0.3 is 6.03 Å². The molecule has 0 unspecified atom stereocenters. The van der Waals surface area contributed by atoms with E-state index in [0.717, 1.165) is 92.2 Å². The van der Waals surface area contributed by atoms with E-state index in [1.54, 1.807) is 18.2 Å². The number of pyridine rings is 1. The Balaban J connectivity index is 0.734. The van der Waals surface area contributed by atoms with Crippen LogP contribution in [0.25, 0.3) is 5.65 Å². The summed E-state index contributed by atoms with van der Waals surface area (Å²) < 4.78 is 13.8. The Labute approximate surface area is 393 Å². The van der Waals surface area contributed by atoms with Crippen molar-refractivity contribution in [1.82, 2.24) is 24.5 Å². The molecule has 0 radical (unpaired) electrons. The van der Waals surface area contributed by atoms with Crippen molar-refractivity contribution >= 4 is 52.3 Å². The van der Waals surface area contributed by atoms with E-state index in [2.05, 4.69) is 68.4 Å². The number of amides is 4. The van der Waals surface area contributed by atoms with Crippen molar-refractivity contribution in [2.45, 2.75) is 89.8 Å². The standard InChI is InChI=1S/C52H63ClN8O5/c1-35(2)66-46-32-44-39(30-45(46)65-4)31-50(63)61(51(44)38-10-12-40(53)13-11-38)43-18-16-41(17-19-43)56(3)34-37-8-14-42(15-9-37)58-27-25-57(26-28-58)22-6-5-7-36-20-23-59-47(29-36)54-33-49(59)60-24-21-48(62)55-52(60)64/h10-13,16-20,23,29-30,32-33,35,37,42,51H,5-9,14-15,21-22,24-28,31,34H2,1-4H3,(H,55,62,64)/t37?,42?,51-/m0/s1. The van der Waals surface area contributed by atoms with Gasteiger partial charge in [-0.25, -0.2) is 9.78 Å². The Morgan fingerprint density at radius 1 is 0.879 bits per heavy atom. The molecule has 1 N–H and O–H groups in total. The van der Waals surface area contributed by atoms with Crippen LogP contribution in [0.2, 0.25) is 5.02 Å². The van der Waals surface area contributed by atoms with Crippen molar-refractivity contribution in [2.75, 3.05) is 74.7 Å². The van der Waals surface area contributed by atoms with Gasteiger partial charge in [-0.15, -0.1) is 0 Å². The van der Waals surface area contributed by atoms with Crippen LogP contribution in [-0.4, -0.2) is 109 Å². The fourth-order valence-electron chi connectivity index (χ4n) is 10.5. The number of aryl methyl sites for hydroxylation is 1. The van der Waals surface area contributed by atoms with E-state index in [0.29, 0.717) is 40.8 Å². The van der Waals surface area contributed by atoms with Crippen LogP contribution >= 0.6 is 11.6 Å². The third-order valence-corrected chi connectivity index (χ3v) is 14.3. The van der Waals surface area contributed by atoms with Gasteiger partial charge in [0, 0.05) is 81.4 Å². The van der Waals surface area contributed by atoms with Gasteiger partial charge in [0.1, 0.15) is 11.5 Å². The van der Waals surface area contributed by atoms with Gasteiger partial charge in [0.2, 0.25) is 11.8 Å². The number of nitrogens with zero attached hydrogens (tertiary/aromatic N) is 7. The molecule has 4 amide bonds. The number of carbonyl (C=O) groups is 3. The summed E-state index contributed by atoms with van der Waals surface area (Å²) in [6.45, 7) is 11.1. The number of unbranched alkanes of at least 4 members (excludes halogenated alkanes) is 1. The predicted molar refractivity (Wildman–Crippen MR) is 260 cm³/mol. The number of urea groups is 1. The molecule has 2 saturated heterocycles. The van der Waals surface area contributed by atoms with Gasteiger partial charge in [-0.2, -0.15) is 0 Å². The second kappa shape index (κ2) is 20.1. The summed E-state index contributed by atoms with van der Waals surface area (Å²) in [6, 6.07) is 24.4. The zero-order valence-electron chi connectivity index (χ0n) is 38.8. The molecule has 2 aromatic heterocycles. The molecular formula is C52H63ClN8O5. The molecule has 4 aliphatic rings. The number of carbonyl (C=O) groups excluding carboxylic acids is 3. The van der Waals surface area contributed by atoms with Crippen LogP contribution in [0.15, 0.2) is 85.2 Å². The molecule has 0 bridgehead atoms. The Morgan fingerprint density at radius 2 is 1.64 bits per heavy atom. The highest BCUT2D eigenvalue weighted by Crippen LogP contribution is 2.44. The van der Waals surface area contributed by atoms with Gasteiger partial charge in [-0.05, 0) is 154 Å². The summed E-state index contributed by atoms with van der Waals surface area (Å²) in [7, 11) is 3.83. The monoisotopic (exact) mass is 914 g/mol. The topological polar surface area (TPSA) is 115 Å². The number of ether oxygens (including phenoxy) is 2. The number of fused-ring (bicyclic) bond motifs is 2. The van der Waals surface area contributed by atoms with Gasteiger partial charge < -0.3 is 24.2 Å². The maximum atomic E-state index is 14.1. The number of piperazine rings is 1. The number of nitrogens with one attached hydrogen (secondary N) is 1. The molecule has 348 valence electrons. The van der Waals surface area contributed by atoms with Crippen LogP contribution < -0.4 is 29.5 Å². The van der Waals surface area contributed by atoms with Crippen molar-refractivity contribution < 1.29 is 23.9 Å². The van der Waals surface area contributed by atoms with Gasteiger partial charge in [-0.3, -0.25) is 29.1 Å². The highest BCUT2D eigenvalue weighted by molar-refractivity contribution is 6.30. The van der Waals surface area contributed by atoms with Gasteiger partial charge in [0.15, 0.2) is 11.5 Å². The number of imidazole rings is 1. The zero-order chi connectivity index (χ0) is 45.9. The maximum absolute atomic E-state index is 14.1. The summed E-state index contributed by atoms with van der Waals surface area (Å²) >= 11 is 6.34. The molecule has 1 saturated carbocycles. The number of methoxy groups -OCH3 is 1. The fraction of sp³-hybridized carbons (Fsp3) is 0.462. The smallest absolute Gasteiger partial charge is 0.329 e. The fourth-order valence-corrected chi connectivity index (χ4v) is 10.7. The number of halogens is 1. The summed E-state index contributed by atoms with van der Waals surface area (Å²) in [4.78, 5) is 53.9. The van der Waals surface area contributed by atoms with Crippen LogP contribution in [0.3, 0.4) is 0 Å². The van der Waals surface area contributed by atoms with Crippen LogP contribution in [0, 0.1) is 5.92 Å². The highest BCUT2D eigenvalue weighted by atomic mass is 35.5. The Kier molecular flexibility index (Phi) is 13.8. The van der Waals surface area contributed by atoms with E-state index in [1.165, 1.54) is 31.2 Å². The molecule has 14 heteroatoms. The van der Waals surface area contributed by atoms with Crippen molar-refractivity contribution in [3.63, 3.8) is 0 Å². The highest BCUT2D eigenvalue weighted by Gasteiger charge is 2.37. The molecule has 13 nitrogen and oxygen atoms in total. The summed E-state index contributed by atoms with van der Waals surface area (Å²) in [5.74, 6) is 2.42. The van der Waals surface area contributed by atoms with Crippen molar-refractivity contribution in [1.29, 1.82) is 0 Å².